The molecule has 0 bridgehead atoms. The molecular formula is C28H29F2N3O4. The van der Waals surface area contributed by atoms with E-state index in [1.54, 1.807) is 32.2 Å². The van der Waals surface area contributed by atoms with Gasteiger partial charge in [-0.25, -0.2) is 13.6 Å². The number of rotatable bonds is 4. The van der Waals surface area contributed by atoms with E-state index in [1.165, 1.54) is 6.07 Å². The Hall–Kier alpha value is -3.30. The van der Waals surface area contributed by atoms with Crippen molar-refractivity contribution in [2.45, 2.75) is 57.0 Å². The highest BCUT2D eigenvalue weighted by Gasteiger charge is 2.42. The Morgan fingerprint density at radius 1 is 1.19 bits per heavy atom. The zero-order valence-corrected chi connectivity index (χ0v) is 20.8. The summed E-state index contributed by atoms with van der Waals surface area (Å²) in [5.74, 6) is -1.80. The Kier molecular flexibility index (Phi) is 5.80. The summed E-state index contributed by atoms with van der Waals surface area (Å²) >= 11 is 0. The molecule has 9 heteroatoms. The second-order valence-corrected chi connectivity index (χ2v) is 10.5. The van der Waals surface area contributed by atoms with E-state index in [-0.39, 0.29) is 24.3 Å². The van der Waals surface area contributed by atoms with E-state index in [1.807, 2.05) is 6.07 Å². The Balaban J connectivity index is 1.65. The van der Waals surface area contributed by atoms with Crippen molar-refractivity contribution in [2.75, 3.05) is 19.8 Å². The SMILES string of the molecule is Cc1cc(-n2c(C3CCOCC3)c([C@@H]3CC[C@@](C)(C(=O)O)OC3)c3c(F)c4[nH]ncc4cc32)ccc1F. The van der Waals surface area contributed by atoms with E-state index in [9.17, 15) is 14.3 Å². The first-order valence-electron chi connectivity index (χ1n) is 12.7. The largest absolute Gasteiger partial charge is 0.479 e. The van der Waals surface area contributed by atoms with Gasteiger partial charge in [0.15, 0.2) is 11.4 Å². The molecule has 0 radical (unpaired) electrons. The molecule has 37 heavy (non-hydrogen) atoms. The number of benzene rings is 2. The third-order valence-corrected chi connectivity index (χ3v) is 8.12. The van der Waals surface area contributed by atoms with Gasteiger partial charge >= 0.3 is 5.97 Å². The molecule has 2 aromatic heterocycles. The lowest BCUT2D eigenvalue weighted by molar-refractivity contribution is -0.170. The number of fused-ring (bicyclic) bond motifs is 2. The molecule has 0 unspecified atom stereocenters. The van der Waals surface area contributed by atoms with Gasteiger partial charge in [0.1, 0.15) is 11.3 Å². The molecule has 2 aliphatic rings. The summed E-state index contributed by atoms with van der Waals surface area (Å²) in [6, 6.07) is 6.88. The normalized spacial score (nSPS) is 23.2. The number of nitrogens with zero attached hydrogens (tertiary/aromatic N) is 2. The molecule has 2 aromatic carbocycles. The van der Waals surface area contributed by atoms with Crippen molar-refractivity contribution in [3.63, 3.8) is 0 Å². The van der Waals surface area contributed by atoms with Crippen LogP contribution in [-0.2, 0) is 14.3 Å². The smallest absolute Gasteiger partial charge is 0.335 e. The Bertz CT molecular complexity index is 1510. The standard InChI is InChI=1S/C28H29F2N3O4/c1-15-11-19(3-4-20(15)29)33-21-12-18-13-31-32-25(18)24(30)23(21)22(26(33)16-6-9-36-10-7-16)17-5-8-28(2,27(34)35)37-14-17/h3-4,11-13,16-17H,5-10,14H2,1-2H3,(H,31,32)(H,34,35)/t17-,28+/m1/s1. The summed E-state index contributed by atoms with van der Waals surface area (Å²) in [4.78, 5) is 11.8. The maximum atomic E-state index is 16.3. The summed E-state index contributed by atoms with van der Waals surface area (Å²) in [6.45, 7) is 4.67. The first-order chi connectivity index (χ1) is 17.8. The highest BCUT2D eigenvalue weighted by Crippen LogP contribution is 2.47. The van der Waals surface area contributed by atoms with Crippen LogP contribution in [0.15, 0.2) is 30.5 Å². The minimum absolute atomic E-state index is 0.0881. The van der Waals surface area contributed by atoms with Crippen molar-refractivity contribution < 1.29 is 28.2 Å². The van der Waals surface area contributed by atoms with Crippen molar-refractivity contribution in [1.29, 1.82) is 0 Å². The quantitative estimate of drug-likeness (QED) is 0.367. The molecule has 6 rings (SSSR count). The number of ether oxygens (including phenoxy) is 2. The van der Waals surface area contributed by atoms with E-state index in [0.29, 0.717) is 53.4 Å². The second-order valence-electron chi connectivity index (χ2n) is 10.5. The van der Waals surface area contributed by atoms with Gasteiger partial charge in [0.05, 0.1) is 18.3 Å². The number of aromatic amines is 1. The molecule has 2 N–H and O–H groups in total. The zero-order chi connectivity index (χ0) is 25.9. The molecule has 7 nitrogen and oxygen atoms in total. The fraction of sp³-hybridized carbons (Fsp3) is 0.429. The molecule has 0 spiro atoms. The maximum Gasteiger partial charge on any atom is 0.335 e. The van der Waals surface area contributed by atoms with Crippen LogP contribution in [0.4, 0.5) is 8.78 Å². The van der Waals surface area contributed by atoms with Gasteiger partial charge < -0.3 is 19.1 Å². The molecule has 2 saturated heterocycles. The number of hydrogen-bond acceptors (Lipinski definition) is 4. The number of nitrogens with one attached hydrogen (secondary N) is 1. The predicted molar refractivity (Wildman–Crippen MR) is 134 cm³/mol. The number of halogens is 2. The molecule has 4 aromatic rings. The van der Waals surface area contributed by atoms with Crippen LogP contribution in [0.2, 0.25) is 0 Å². The average Bonchev–Trinajstić information content (AvgIpc) is 3.50. The summed E-state index contributed by atoms with van der Waals surface area (Å²) in [6.07, 6.45) is 3.99. The lowest BCUT2D eigenvalue weighted by atomic mass is 9.81. The highest BCUT2D eigenvalue weighted by atomic mass is 19.1. The number of carbonyl (C=O) groups is 1. The minimum Gasteiger partial charge on any atom is -0.479 e. The molecule has 2 fully saturated rings. The highest BCUT2D eigenvalue weighted by molar-refractivity contribution is 6.00. The van der Waals surface area contributed by atoms with Gasteiger partial charge in [-0.05, 0) is 74.9 Å². The second kappa shape index (κ2) is 8.92. The Morgan fingerprint density at radius 3 is 2.65 bits per heavy atom. The molecular weight excluding hydrogens is 480 g/mol. The van der Waals surface area contributed by atoms with Crippen molar-refractivity contribution in [1.82, 2.24) is 14.8 Å². The number of hydrogen-bond donors (Lipinski definition) is 2. The van der Waals surface area contributed by atoms with Crippen molar-refractivity contribution in [3.05, 3.63) is 58.9 Å². The van der Waals surface area contributed by atoms with Gasteiger partial charge in [0, 0.05) is 47.2 Å². The van der Waals surface area contributed by atoms with Crippen LogP contribution >= 0.6 is 0 Å². The summed E-state index contributed by atoms with van der Waals surface area (Å²) in [5, 5.41) is 17.6. The van der Waals surface area contributed by atoms with Crippen molar-refractivity contribution in [2.24, 2.45) is 0 Å². The molecule has 194 valence electrons. The van der Waals surface area contributed by atoms with Crippen LogP contribution in [0.1, 0.15) is 61.3 Å². The molecule has 0 aliphatic carbocycles. The monoisotopic (exact) mass is 509 g/mol. The fourth-order valence-electron chi connectivity index (χ4n) is 5.97. The third-order valence-electron chi connectivity index (χ3n) is 8.12. The summed E-state index contributed by atoms with van der Waals surface area (Å²) < 4.78 is 44.2. The number of carboxylic acid groups (broad SMARTS) is 1. The zero-order valence-electron chi connectivity index (χ0n) is 20.8. The molecule has 0 amide bonds. The van der Waals surface area contributed by atoms with E-state index >= 15 is 4.39 Å². The Morgan fingerprint density at radius 2 is 1.97 bits per heavy atom. The van der Waals surface area contributed by atoms with Crippen LogP contribution < -0.4 is 0 Å². The van der Waals surface area contributed by atoms with Gasteiger partial charge in [0.2, 0.25) is 0 Å². The van der Waals surface area contributed by atoms with Crippen LogP contribution in [0, 0.1) is 18.6 Å². The van der Waals surface area contributed by atoms with Gasteiger partial charge in [-0.3, -0.25) is 5.10 Å². The van der Waals surface area contributed by atoms with Crippen LogP contribution in [-0.4, -0.2) is 51.3 Å². The molecule has 2 atom stereocenters. The lowest BCUT2D eigenvalue weighted by Crippen LogP contribution is -2.43. The van der Waals surface area contributed by atoms with E-state index < -0.39 is 17.4 Å². The summed E-state index contributed by atoms with van der Waals surface area (Å²) in [5.41, 5.74) is 2.80. The van der Waals surface area contributed by atoms with Gasteiger partial charge in [-0.15, -0.1) is 0 Å². The minimum atomic E-state index is -1.27. The van der Waals surface area contributed by atoms with Gasteiger partial charge in [0.25, 0.3) is 0 Å². The van der Waals surface area contributed by atoms with E-state index in [0.717, 1.165) is 29.8 Å². The van der Waals surface area contributed by atoms with Crippen molar-refractivity contribution >= 4 is 27.8 Å². The lowest BCUT2D eigenvalue weighted by Gasteiger charge is -2.35. The molecule has 0 saturated carbocycles. The number of carboxylic acids is 1. The van der Waals surface area contributed by atoms with E-state index in [4.69, 9.17) is 9.47 Å². The third kappa shape index (κ3) is 3.83. The van der Waals surface area contributed by atoms with Crippen molar-refractivity contribution in [3.8, 4) is 5.69 Å². The number of aryl methyl sites for hydroxylation is 1. The first kappa shape index (κ1) is 24.1. The molecule has 4 heterocycles. The number of aliphatic carboxylic acids is 1. The maximum absolute atomic E-state index is 16.3. The number of aromatic nitrogens is 3. The topological polar surface area (TPSA) is 89.4 Å². The van der Waals surface area contributed by atoms with E-state index in [2.05, 4.69) is 14.8 Å². The Labute approximate surface area is 212 Å². The van der Waals surface area contributed by atoms with Crippen LogP contribution in [0.3, 0.4) is 0 Å². The average molecular weight is 510 g/mol. The predicted octanol–water partition coefficient (Wildman–Crippen LogP) is 5.72. The van der Waals surface area contributed by atoms with Crippen LogP contribution in [0.25, 0.3) is 27.5 Å². The molecule has 2 aliphatic heterocycles. The van der Waals surface area contributed by atoms with Gasteiger partial charge in [-0.1, -0.05) is 0 Å². The van der Waals surface area contributed by atoms with Gasteiger partial charge in [-0.2, -0.15) is 5.10 Å². The first-order valence-corrected chi connectivity index (χ1v) is 12.7. The van der Waals surface area contributed by atoms with Crippen LogP contribution in [0.5, 0.6) is 0 Å². The fourth-order valence-corrected chi connectivity index (χ4v) is 5.97. The summed E-state index contributed by atoms with van der Waals surface area (Å²) in [7, 11) is 0. The number of H-pyrrole nitrogens is 1.